The SMILES string of the molecule is CN(C)C(=O)Nc1ccc(Br)cc1Cl. The van der Waals surface area contributed by atoms with Crippen molar-refractivity contribution in [3.8, 4) is 0 Å². The van der Waals surface area contributed by atoms with Crippen molar-refractivity contribution in [3.63, 3.8) is 0 Å². The van der Waals surface area contributed by atoms with Gasteiger partial charge in [-0.15, -0.1) is 0 Å². The van der Waals surface area contributed by atoms with Gasteiger partial charge in [-0.3, -0.25) is 0 Å². The first-order chi connectivity index (χ1) is 6.50. The minimum Gasteiger partial charge on any atom is -0.331 e. The van der Waals surface area contributed by atoms with Gasteiger partial charge in [0.1, 0.15) is 0 Å². The monoisotopic (exact) mass is 276 g/mol. The molecular formula is C9H10BrClN2O. The van der Waals surface area contributed by atoms with Gasteiger partial charge in [-0.1, -0.05) is 27.5 Å². The van der Waals surface area contributed by atoms with Crippen molar-refractivity contribution in [1.29, 1.82) is 0 Å². The van der Waals surface area contributed by atoms with Crippen molar-refractivity contribution in [2.75, 3.05) is 19.4 Å². The number of rotatable bonds is 1. The van der Waals surface area contributed by atoms with Crippen LogP contribution < -0.4 is 5.32 Å². The van der Waals surface area contributed by atoms with Crippen LogP contribution in [0, 0.1) is 0 Å². The summed E-state index contributed by atoms with van der Waals surface area (Å²) < 4.78 is 0.880. The quantitative estimate of drug-likeness (QED) is 0.840. The molecule has 76 valence electrons. The largest absolute Gasteiger partial charge is 0.331 e. The number of urea groups is 1. The van der Waals surface area contributed by atoms with Gasteiger partial charge in [-0.05, 0) is 18.2 Å². The van der Waals surface area contributed by atoms with Gasteiger partial charge in [0.15, 0.2) is 0 Å². The molecule has 0 aromatic heterocycles. The highest BCUT2D eigenvalue weighted by atomic mass is 79.9. The van der Waals surface area contributed by atoms with Crippen molar-refractivity contribution in [1.82, 2.24) is 4.90 Å². The third kappa shape index (κ3) is 2.89. The summed E-state index contributed by atoms with van der Waals surface area (Å²) >= 11 is 9.20. The van der Waals surface area contributed by atoms with E-state index in [0.29, 0.717) is 10.7 Å². The van der Waals surface area contributed by atoms with Crippen LogP contribution in [0.25, 0.3) is 0 Å². The van der Waals surface area contributed by atoms with Crippen molar-refractivity contribution < 1.29 is 4.79 Å². The van der Waals surface area contributed by atoms with Crippen LogP contribution in [0.4, 0.5) is 10.5 Å². The third-order valence-electron chi connectivity index (χ3n) is 1.58. The predicted octanol–water partition coefficient (Wildman–Crippen LogP) is 3.20. The molecule has 14 heavy (non-hydrogen) atoms. The number of nitrogens with one attached hydrogen (secondary N) is 1. The van der Waals surface area contributed by atoms with E-state index in [1.807, 2.05) is 6.07 Å². The maximum atomic E-state index is 11.3. The second kappa shape index (κ2) is 4.66. The lowest BCUT2D eigenvalue weighted by atomic mass is 10.3. The molecule has 0 bridgehead atoms. The van der Waals surface area contributed by atoms with Crippen LogP contribution in [-0.4, -0.2) is 25.0 Å². The van der Waals surface area contributed by atoms with Gasteiger partial charge < -0.3 is 10.2 Å². The van der Waals surface area contributed by atoms with Gasteiger partial charge in [0.2, 0.25) is 0 Å². The van der Waals surface area contributed by atoms with Gasteiger partial charge in [-0.2, -0.15) is 0 Å². The first kappa shape index (κ1) is 11.3. The molecule has 1 rings (SSSR count). The highest BCUT2D eigenvalue weighted by Gasteiger charge is 2.06. The fourth-order valence-corrected chi connectivity index (χ4v) is 1.54. The zero-order valence-corrected chi connectivity index (χ0v) is 10.2. The summed E-state index contributed by atoms with van der Waals surface area (Å²) in [5.74, 6) is 0. The molecular weight excluding hydrogens is 267 g/mol. The summed E-state index contributed by atoms with van der Waals surface area (Å²) in [6, 6.07) is 5.09. The summed E-state index contributed by atoms with van der Waals surface area (Å²) in [6.07, 6.45) is 0. The molecule has 0 saturated carbocycles. The molecule has 0 spiro atoms. The number of hydrogen-bond acceptors (Lipinski definition) is 1. The summed E-state index contributed by atoms with van der Waals surface area (Å²) in [7, 11) is 3.34. The van der Waals surface area contributed by atoms with Crippen LogP contribution in [0.5, 0.6) is 0 Å². The summed E-state index contributed by atoms with van der Waals surface area (Å²) in [4.78, 5) is 12.7. The molecule has 0 fully saturated rings. The van der Waals surface area contributed by atoms with Crippen LogP contribution in [0.15, 0.2) is 22.7 Å². The van der Waals surface area contributed by atoms with E-state index in [1.165, 1.54) is 4.90 Å². The van der Waals surface area contributed by atoms with Gasteiger partial charge in [0, 0.05) is 18.6 Å². The van der Waals surface area contributed by atoms with Gasteiger partial charge >= 0.3 is 6.03 Å². The number of amides is 2. The number of carbonyl (C=O) groups excluding carboxylic acids is 1. The molecule has 1 aromatic rings. The molecule has 0 radical (unpaired) electrons. The maximum absolute atomic E-state index is 11.3. The Hall–Kier alpha value is -0.740. The molecule has 0 atom stereocenters. The molecule has 0 aliphatic rings. The Morgan fingerprint density at radius 2 is 2.14 bits per heavy atom. The average Bonchev–Trinajstić information content (AvgIpc) is 2.09. The maximum Gasteiger partial charge on any atom is 0.321 e. The van der Waals surface area contributed by atoms with Crippen molar-refractivity contribution in [2.45, 2.75) is 0 Å². The number of carbonyl (C=O) groups is 1. The van der Waals surface area contributed by atoms with Gasteiger partial charge in [0.25, 0.3) is 0 Å². The van der Waals surface area contributed by atoms with E-state index in [0.717, 1.165) is 4.47 Å². The fourth-order valence-electron chi connectivity index (χ4n) is 0.818. The van der Waals surface area contributed by atoms with E-state index >= 15 is 0 Å². The summed E-state index contributed by atoms with van der Waals surface area (Å²) in [5, 5.41) is 3.18. The van der Waals surface area contributed by atoms with E-state index < -0.39 is 0 Å². The van der Waals surface area contributed by atoms with E-state index in [1.54, 1.807) is 26.2 Å². The van der Waals surface area contributed by atoms with Gasteiger partial charge in [-0.25, -0.2) is 4.79 Å². The lowest BCUT2D eigenvalue weighted by Crippen LogP contribution is -2.27. The average molecular weight is 278 g/mol. The Labute approximate surface area is 96.2 Å². The molecule has 3 nitrogen and oxygen atoms in total. The van der Waals surface area contributed by atoms with E-state index in [-0.39, 0.29) is 6.03 Å². The molecule has 0 aliphatic heterocycles. The Morgan fingerprint density at radius 1 is 1.50 bits per heavy atom. The van der Waals surface area contributed by atoms with E-state index in [4.69, 9.17) is 11.6 Å². The minimum absolute atomic E-state index is 0.200. The molecule has 1 N–H and O–H groups in total. The topological polar surface area (TPSA) is 32.3 Å². The number of anilines is 1. The van der Waals surface area contributed by atoms with E-state index in [2.05, 4.69) is 21.2 Å². The zero-order chi connectivity index (χ0) is 10.7. The minimum atomic E-state index is -0.200. The highest BCUT2D eigenvalue weighted by Crippen LogP contribution is 2.25. The number of hydrogen-bond donors (Lipinski definition) is 1. The van der Waals surface area contributed by atoms with Crippen molar-refractivity contribution in [3.05, 3.63) is 27.7 Å². The molecule has 0 aliphatic carbocycles. The Kier molecular flexibility index (Phi) is 3.77. The van der Waals surface area contributed by atoms with E-state index in [9.17, 15) is 4.79 Å². The molecule has 0 saturated heterocycles. The first-order valence-electron chi connectivity index (χ1n) is 3.94. The summed E-state index contributed by atoms with van der Waals surface area (Å²) in [6.45, 7) is 0. The van der Waals surface area contributed by atoms with Crippen molar-refractivity contribution in [2.24, 2.45) is 0 Å². The molecule has 0 heterocycles. The highest BCUT2D eigenvalue weighted by molar-refractivity contribution is 9.10. The smallest absolute Gasteiger partial charge is 0.321 e. The standard InChI is InChI=1S/C9H10BrClN2O/c1-13(2)9(14)12-8-4-3-6(10)5-7(8)11/h3-5H,1-2H3,(H,12,14). The zero-order valence-electron chi connectivity index (χ0n) is 7.84. The Balaban J connectivity index is 2.82. The number of nitrogens with zero attached hydrogens (tertiary/aromatic N) is 1. The molecule has 2 amide bonds. The molecule has 1 aromatic carbocycles. The Morgan fingerprint density at radius 3 is 2.64 bits per heavy atom. The third-order valence-corrected chi connectivity index (χ3v) is 2.38. The number of halogens is 2. The second-order valence-electron chi connectivity index (χ2n) is 2.95. The molecule has 0 unspecified atom stereocenters. The van der Waals surface area contributed by atoms with Crippen LogP contribution in [0.2, 0.25) is 5.02 Å². The lowest BCUT2D eigenvalue weighted by Gasteiger charge is -2.12. The van der Waals surface area contributed by atoms with Crippen LogP contribution in [-0.2, 0) is 0 Å². The van der Waals surface area contributed by atoms with Crippen LogP contribution in [0.1, 0.15) is 0 Å². The lowest BCUT2D eigenvalue weighted by molar-refractivity contribution is 0.230. The first-order valence-corrected chi connectivity index (χ1v) is 5.11. The molecule has 5 heteroatoms. The predicted molar refractivity (Wildman–Crippen MR) is 61.9 cm³/mol. The normalized spacial score (nSPS) is 9.71. The van der Waals surface area contributed by atoms with Gasteiger partial charge in [0.05, 0.1) is 10.7 Å². The number of benzene rings is 1. The van der Waals surface area contributed by atoms with Crippen molar-refractivity contribution >= 4 is 39.2 Å². The van der Waals surface area contributed by atoms with Crippen LogP contribution >= 0.6 is 27.5 Å². The fraction of sp³-hybridized carbons (Fsp3) is 0.222. The second-order valence-corrected chi connectivity index (χ2v) is 4.27. The summed E-state index contributed by atoms with van der Waals surface area (Å²) in [5.41, 5.74) is 0.605. The van der Waals surface area contributed by atoms with Crippen LogP contribution in [0.3, 0.4) is 0 Å². The Bertz CT molecular complexity index is 355.